The number of rotatable bonds is 3. The van der Waals surface area contributed by atoms with Gasteiger partial charge in [-0.3, -0.25) is 5.41 Å². The Hall–Kier alpha value is -0.150. The molecule has 2 N–H and O–H groups in total. The summed E-state index contributed by atoms with van der Waals surface area (Å²) < 4.78 is 31.5. The van der Waals surface area contributed by atoms with E-state index in [4.69, 9.17) is 21.7 Å². The SMILES string of the molecule is C[C@@]1(c2sc(Br)cc2Cl)CS(=O)(=O)[C@](C)(CC2CCOCC2)C(=N)N1. The van der Waals surface area contributed by atoms with Gasteiger partial charge in [-0.1, -0.05) is 11.6 Å². The molecule has 0 aromatic carbocycles. The third kappa shape index (κ3) is 3.52. The van der Waals surface area contributed by atoms with Crippen LogP contribution in [0.1, 0.15) is 38.0 Å². The van der Waals surface area contributed by atoms with Crippen LogP contribution in [-0.4, -0.2) is 38.0 Å². The van der Waals surface area contributed by atoms with Gasteiger partial charge in [0.05, 0.1) is 25.0 Å². The number of thiophene rings is 1. The summed E-state index contributed by atoms with van der Waals surface area (Å²) in [4.78, 5) is 0.738. The Labute approximate surface area is 166 Å². The molecule has 2 fully saturated rings. The number of halogens is 2. The van der Waals surface area contributed by atoms with Crippen LogP contribution in [0.2, 0.25) is 5.02 Å². The van der Waals surface area contributed by atoms with Crippen LogP contribution in [0.25, 0.3) is 0 Å². The minimum atomic E-state index is -3.53. The van der Waals surface area contributed by atoms with Crippen LogP contribution in [0.4, 0.5) is 0 Å². The largest absolute Gasteiger partial charge is 0.381 e. The molecule has 3 rings (SSSR count). The van der Waals surface area contributed by atoms with Crippen molar-refractivity contribution in [1.29, 1.82) is 5.41 Å². The minimum absolute atomic E-state index is 0.0633. The predicted octanol–water partition coefficient (Wildman–Crippen LogP) is 3.95. The normalized spacial score (nSPS) is 33.2. The number of ether oxygens (including phenoxy) is 1. The lowest BCUT2D eigenvalue weighted by Crippen LogP contribution is -2.65. The van der Waals surface area contributed by atoms with Crippen LogP contribution in [0.3, 0.4) is 0 Å². The summed E-state index contributed by atoms with van der Waals surface area (Å²) in [6, 6.07) is 1.76. The van der Waals surface area contributed by atoms with Gasteiger partial charge >= 0.3 is 0 Å². The second-order valence-corrected chi connectivity index (χ2v) is 12.6. The highest BCUT2D eigenvalue weighted by atomic mass is 79.9. The Morgan fingerprint density at radius 1 is 1.44 bits per heavy atom. The third-order valence-corrected chi connectivity index (χ3v) is 10.3. The molecule has 2 atom stereocenters. The maximum Gasteiger partial charge on any atom is 0.165 e. The molecule has 0 radical (unpaired) electrons. The molecule has 2 saturated heterocycles. The van der Waals surface area contributed by atoms with Crippen molar-refractivity contribution in [2.24, 2.45) is 5.92 Å². The standard InChI is InChI=1S/C16H22BrClN2O3S2/c1-15(13-11(18)7-12(17)24-13)9-25(21,22)16(2,14(19)20-15)8-10-3-5-23-6-4-10/h7,10H,3-6,8-9H2,1-2H3,(H2,19,20)/t15-,16+/m0/s1. The molecule has 0 saturated carbocycles. The van der Waals surface area contributed by atoms with E-state index in [2.05, 4.69) is 21.2 Å². The summed E-state index contributed by atoms with van der Waals surface area (Å²) in [5.74, 6) is 0.252. The van der Waals surface area contributed by atoms with Crippen molar-refractivity contribution >= 4 is 54.5 Å². The van der Waals surface area contributed by atoms with Crippen LogP contribution in [-0.2, 0) is 20.1 Å². The van der Waals surface area contributed by atoms with Crippen molar-refractivity contribution < 1.29 is 13.2 Å². The molecule has 2 aliphatic heterocycles. The summed E-state index contributed by atoms with van der Waals surface area (Å²) in [7, 11) is -3.53. The zero-order chi connectivity index (χ0) is 18.5. The van der Waals surface area contributed by atoms with Crippen LogP contribution >= 0.6 is 38.9 Å². The summed E-state index contributed by atoms with van der Waals surface area (Å²) in [5, 5.41) is 12.2. The molecular formula is C16H22BrClN2O3S2. The topological polar surface area (TPSA) is 79.2 Å². The lowest BCUT2D eigenvalue weighted by atomic mass is 9.87. The van der Waals surface area contributed by atoms with E-state index < -0.39 is 20.1 Å². The van der Waals surface area contributed by atoms with E-state index in [0.29, 0.717) is 24.7 Å². The van der Waals surface area contributed by atoms with E-state index in [1.165, 1.54) is 11.3 Å². The second kappa shape index (κ2) is 6.78. The fraction of sp³-hybridized carbons (Fsp3) is 0.688. The van der Waals surface area contributed by atoms with Crippen LogP contribution in [0, 0.1) is 11.3 Å². The van der Waals surface area contributed by atoms with Crippen molar-refractivity contribution in [3.63, 3.8) is 0 Å². The van der Waals surface area contributed by atoms with Crippen LogP contribution in [0.5, 0.6) is 0 Å². The van der Waals surface area contributed by atoms with Crippen molar-refractivity contribution in [2.45, 2.75) is 43.4 Å². The molecule has 2 aliphatic rings. The Morgan fingerprint density at radius 2 is 2.08 bits per heavy atom. The monoisotopic (exact) mass is 468 g/mol. The molecule has 0 aliphatic carbocycles. The number of hydrogen-bond acceptors (Lipinski definition) is 5. The molecule has 0 spiro atoms. The van der Waals surface area contributed by atoms with Crippen molar-refractivity contribution in [1.82, 2.24) is 5.32 Å². The first kappa shape index (κ1) is 19.6. The summed E-state index contributed by atoms with van der Waals surface area (Å²) in [6.45, 7) is 4.81. The highest BCUT2D eigenvalue weighted by Gasteiger charge is 2.54. The fourth-order valence-corrected chi connectivity index (χ4v) is 8.17. The van der Waals surface area contributed by atoms with E-state index >= 15 is 0 Å². The van der Waals surface area contributed by atoms with E-state index in [0.717, 1.165) is 21.5 Å². The molecule has 0 unspecified atom stereocenters. The molecular weight excluding hydrogens is 448 g/mol. The highest BCUT2D eigenvalue weighted by Crippen LogP contribution is 2.44. The van der Waals surface area contributed by atoms with Gasteiger partial charge in [0.15, 0.2) is 9.84 Å². The number of amidine groups is 1. The smallest absolute Gasteiger partial charge is 0.165 e. The molecule has 25 heavy (non-hydrogen) atoms. The van der Waals surface area contributed by atoms with E-state index in [1.54, 1.807) is 19.9 Å². The van der Waals surface area contributed by atoms with E-state index in [1.807, 2.05) is 0 Å². The van der Waals surface area contributed by atoms with Crippen LogP contribution in [0.15, 0.2) is 9.85 Å². The molecule has 1 aromatic heterocycles. The Morgan fingerprint density at radius 3 is 2.60 bits per heavy atom. The minimum Gasteiger partial charge on any atom is -0.381 e. The summed E-state index contributed by atoms with van der Waals surface area (Å²) in [6.07, 6.45) is 2.15. The lowest BCUT2D eigenvalue weighted by Gasteiger charge is -2.45. The van der Waals surface area contributed by atoms with Gasteiger partial charge in [0.2, 0.25) is 0 Å². The van der Waals surface area contributed by atoms with Gasteiger partial charge in [0.1, 0.15) is 10.6 Å². The van der Waals surface area contributed by atoms with Gasteiger partial charge in [-0.05, 0) is 61.0 Å². The van der Waals surface area contributed by atoms with Crippen molar-refractivity contribution in [3.8, 4) is 0 Å². The molecule has 0 bridgehead atoms. The van der Waals surface area contributed by atoms with Crippen molar-refractivity contribution in [3.05, 3.63) is 19.8 Å². The Balaban J connectivity index is 1.91. The number of nitrogens with one attached hydrogen (secondary N) is 2. The maximum atomic E-state index is 13.2. The second-order valence-electron chi connectivity index (χ2n) is 7.31. The van der Waals surface area contributed by atoms with Crippen molar-refractivity contribution in [2.75, 3.05) is 19.0 Å². The van der Waals surface area contributed by atoms with Gasteiger partial charge in [-0.25, -0.2) is 8.42 Å². The van der Waals surface area contributed by atoms with Gasteiger partial charge in [-0.2, -0.15) is 0 Å². The first-order valence-electron chi connectivity index (χ1n) is 8.20. The van der Waals surface area contributed by atoms with Crippen LogP contribution < -0.4 is 5.32 Å². The lowest BCUT2D eigenvalue weighted by molar-refractivity contribution is 0.0623. The maximum absolute atomic E-state index is 13.2. The molecule has 1 aromatic rings. The summed E-state index contributed by atoms with van der Waals surface area (Å²) in [5.41, 5.74) is -0.890. The quantitative estimate of drug-likeness (QED) is 0.702. The van der Waals surface area contributed by atoms with Gasteiger partial charge in [0, 0.05) is 13.2 Å². The van der Waals surface area contributed by atoms with E-state index in [-0.39, 0.29) is 17.5 Å². The average molecular weight is 470 g/mol. The molecule has 5 nitrogen and oxygen atoms in total. The molecule has 3 heterocycles. The van der Waals surface area contributed by atoms with Gasteiger partial charge < -0.3 is 10.1 Å². The zero-order valence-corrected chi connectivity index (χ0v) is 18.2. The van der Waals surface area contributed by atoms with E-state index in [9.17, 15) is 8.42 Å². The predicted molar refractivity (Wildman–Crippen MR) is 106 cm³/mol. The Kier molecular flexibility index (Phi) is 5.32. The van der Waals surface area contributed by atoms with Gasteiger partial charge in [0.25, 0.3) is 0 Å². The highest BCUT2D eigenvalue weighted by molar-refractivity contribution is 9.11. The fourth-order valence-electron chi connectivity index (χ4n) is 3.71. The first-order valence-corrected chi connectivity index (χ1v) is 11.8. The summed E-state index contributed by atoms with van der Waals surface area (Å²) >= 11 is 11.1. The number of hydrogen-bond donors (Lipinski definition) is 2. The molecule has 140 valence electrons. The van der Waals surface area contributed by atoms with Gasteiger partial charge in [-0.15, -0.1) is 11.3 Å². The average Bonchev–Trinajstić information content (AvgIpc) is 2.85. The zero-order valence-electron chi connectivity index (χ0n) is 14.2. The third-order valence-electron chi connectivity index (χ3n) is 5.27. The molecule has 0 amide bonds. The Bertz CT molecular complexity index is 791. The first-order chi connectivity index (χ1) is 11.6. The number of sulfone groups is 1. The molecule has 9 heteroatoms.